The monoisotopic (exact) mass is 411 g/mol. The third kappa shape index (κ3) is 6.85. The van der Waals surface area contributed by atoms with Gasteiger partial charge in [-0.1, -0.05) is 19.9 Å². The Balaban J connectivity index is 0.000000301. The number of benzene rings is 1. The summed E-state index contributed by atoms with van der Waals surface area (Å²) in [5, 5.41) is 16.6. The van der Waals surface area contributed by atoms with Gasteiger partial charge in [0.15, 0.2) is 0 Å². The molecule has 0 spiro atoms. The number of hydrogen-bond donors (Lipinski definition) is 3. The average Bonchev–Trinajstić information content (AvgIpc) is 3.44. The third-order valence-electron chi connectivity index (χ3n) is 4.31. The average molecular weight is 412 g/mol. The minimum Gasteiger partial charge on any atom is -0.396 e. The molecule has 1 saturated carbocycles. The van der Waals surface area contributed by atoms with E-state index in [4.69, 9.17) is 10.2 Å². The molecule has 4 N–H and O–H groups in total. The second-order valence-corrected chi connectivity index (χ2v) is 7.89. The second-order valence-electron chi connectivity index (χ2n) is 6.43. The summed E-state index contributed by atoms with van der Waals surface area (Å²) in [6, 6.07) is 8.07. The van der Waals surface area contributed by atoms with E-state index >= 15 is 0 Å². The maximum atomic E-state index is 13.6. The topological polar surface area (TPSA) is 97.4 Å². The van der Waals surface area contributed by atoms with Crippen LogP contribution >= 0.6 is 0 Å². The van der Waals surface area contributed by atoms with E-state index in [1.165, 1.54) is 16.7 Å². The van der Waals surface area contributed by atoms with Gasteiger partial charge in [-0.2, -0.15) is 0 Å². The highest BCUT2D eigenvalue weighted by Crippen LogP contribution is 2.42. The van der Waals surface area contributed by atoms with E-state index in [0.29, 0.717) is 17.8 Å². The van der Waals surface area contributed by atoms with E-state index in [1.807, 2.05) is 26.8 Å². The van der Waals surface area contributed by atoms with Crippen molar-refractivity contribution in [2.24, 2.45) is 12.2 Å². The van der Waals surface area contributed by atoms with Crippen LogP contribution in [0.25, 0.3) is 0 Å². The molecule has 3 rings (SSSR count). The van der Waals surface area contributed by atoms with Crippen LogP contribution < -0.4 is 16.0 Å². The van der Waals surface area contributed by atoms with Crippen molar-refractivity contribution in [1.82, 2.24) is 4.57 Å². The van der Waals surface area contributed by atoms with Gasteiger partial charge < -0.3 is 15.0 Å². The van der Waals surface area contributed by atoms with Crippen molar-refractivity contribution in [1.29, 1.82) is 0 Å². The lowest BCUT2D eigenvalue weighted by Gasteiger charge is -2.08. The Morgan fingerprint density at radius 3 is 2.36 bits per heavy atom. The minimum absolute atomic E-state index is 0.100. The first-order valence-electron chi connectivity index (χ1n) is 9.24. The molecular weight excluding hydrogens is 381 g/mol. The lowest BCUT2D eigenvalue weighted by Crippen LogP contribution is -2.24. The first-order chi connectivity index (χ1) is 13.3. The van der Waals surface area contributed by atoms with E-state index in [2.05, 4.69) is 5.32 Å². The highest BCUT2D eigenvalue weighted by molar-refractivity contribution is 7.84. The van der Waals surface area contributed by atoms with Crippen LogP contribution in [-0.2, 0) is 18.0 Å². The zero-order valence-electron chi connectivity index (χ0n) is 16.9. The van der Waals surface area contributed by atoms with Gasteiger partial charge in [-0.3, -0.25) is 9.93 Å². The molecule has 0 amide bonds. The number of aromatic nitrogens is 1. The smallest absolute Gasteiger partial charge is 0.252 e. The van der Waals surface area contributed by atoms with E-state index in [-0.39, 0.29) is 22.7 Å². The normalized spacial score (nSPS) is 14.7. The third-order valence-corrected chi connectivity index (χ3v) is 5.78. The molecule has 0 bridgehead atoms. The number of aryl methyl sites for hydroxylation is 2. The Bertz CT molecular complexity index is 851. The van der Waals surface area contributed by atoms with Crippen LogP contribution in [0.1, 0.15) is 38.7 Å². The Kier molecular flexibility index (Phi) is 9.51. The van der Waals surface area contributed by atoms with Crippen molar-refractivity contribution in [3.05, 3.63) is 58.3 Å². The largest absolute Gasteiger partial charge is 0.396 e. The maximum absolute atomic E-state index is 13.6. The fourth-order valence-electron chi connectivity index (χ4n) is 2.40. The summed E-state index contributed by atoms with van der Waals surface area (Å²) in [6.45, 7) is 5.92. The zero-order chi connectivity index (χ0) is 21.3. The molecule has 1 aliphatic rings. The summed E-state index contributed by atoms with van der Waals surface area (Å²) in [4.78, 5) is 11.4. The number of aliphatic hydroxyl groups is 1. The standard InChI is InChI=1S/C13H13FN2O.C5H11NO2S.C2H6/c1-9-3-4-12(11(14)7-9)15-10-5-6-16(2)13(17)8-10;6-9(8)5(1-2-5)3-4-7;1-2/h3-8,15H,1-2H3;7H,1-4,6H2;1-2H3. The van der Waals surface area contributed by atoms with Gasteiger partial charge in [-0.05, 0) is 49.9 Å². The SMILES string of the molecule is CC.Cc1ccc(Nc2ccn(C)c(=O)c2)c(F)c1.NS(=O)C1(CCO)CC1. The summed E-state index contributed by atoms with van der Waals surface area (Å²) >= 11 is 0. The summed E-state index contributed by atoms with van der Waals surface area (Å²) < 4.78 is 25.5. The van der Waals surface area contributed by atoms with Gasteiger partial charge >= 0.3 is 0 Å². The molecule has 156 valence electrons. The number of nitrogens with two attached hydrogens (primary N) is 1. The number of anilines is 2. The van der Waals surface area contributed by atoms with Crippen molar-refractivity contribution >= 4 is 22.4 Å². The van der Waals surface area contributed by atoms with E-state index < -0.39 is 11.0 Å². The molecule has 2 aromatic rings. The molecule has 28 heavy (non-hydrogen) atoms. The Labute approximate surface area is 168 Å². The first kappa shape index (κ1) is 24.0. The molecule has 1 atom stereocenters. The molecular formula is C20H30FN3O3S. The van der Waals surface area contributed by atoms with Crippen LogP contribution in [0.2, 0.25) is 0 Å². The molecule has 8 heteroatoms. The number of pyridine rings is 1. The van der Waals surface area contributed by atoms with Gasteiger partial charge in [0.2, 0.25) is 0 Å². The van der Waals surface area contributed by atoms with Gasteiger partial charge in [-0.15, -0.1) is 0 Å². The fourth-order valence-corrected chi connectivity index (χ4v) is 3.20. The number of nitrogens with one attached hydrogen (secondary N) is 1. The van der Waals surface area contributed by atoms with Crippen molar-refractivity contribution in [2.45, 2.75) is 44.8 Å². The van der Waals surface area contributed by atoms with Crippen molar-refractivity contribution < 1.29 is 13.7 Å². The van der Waals surface area contributed by atoms with E-state index in [9.17, 15) is 13.4 Å². The molecule has 1 aromatic heterocycles. The zero-order valence-corrected chi connectivity index (χ0v) is 17.7. The number of rotatable bonds is 5. The number of aliphatic hydroxyl groups excluding tert-OH is 1. The Hall–Kier alpha value is -2.03. The highest BCUT2D eigenvalue weighted by Gasteiger charge is 2.46. The predicted molar refractivity (Wildman–Crippen MR) is 113 cm³/mol. The van der Waals surface area contributed by atoms with Gasteiger partial charge in [-0.25, -0.2) is 8.60 Å². The number of hydrogen-bond acceptors (Lipinski definition) is 4. The van der Waals surface area contributed by atoms with Crippen molar-refractivity contribution in [2.75, 3.05) is 11.9 Å². The summed E-state index contributed by atoms with van der Waals surface area (Å²) in [6.07, 6.45) is 4.06. The summed E-state index contributed by atoms with van der Waals surface area (Å²) in [5.41, 5.74) is 1.67. The Morgan fingerprint density at radius 1 is 1.29 bits per heavy atom. The lowest BCUT2D eigenvalue weighted by atomic mass is 10.2. The summed E-state index contributed by atoms with van der Waals surface area (Å²) in [7, 11) is 0.441. The van der Waals surface area contributed by atoms with Crippen LogP contribution in [0, 0.1) is 12.7 Å². The van der Waals surface area contributed by atoms with Crippen LogP contribution in [-0.4, -0.2) is 25.2 Å². The van der Waals surface area contributed by atoms with Crippen LogP contribution in [0.3, 0.4) is 0 Å². The van der Waals surface area contributed by atoms with Crippen LogP contribution in [0.15, 0.2) is 41.3 Å². The molecule has 1 aliphatic carbocycles. The molecule has 0 aliphatic heterocycles. The maximum Gasteiger partial charge on any atom is 0.252 e. The second kappa shape index (κ2) is 11.1. The predicted octanol–water partition coefficient (Wildman–Crippen LogP) is 3.13. The first-order valence-corrected chi connectivity index (χ1v) is 10.5. The molecule has 1 fully saturated rings. The van der Waals surface area contributed by atoms with E-state index in [0.717, 1.165) is 18.4 Å². The molecule has 0 saturated heterocycles. The quantitative estimate of drug-likeness (QED) is 0.704. The van der Waals surface area contributed by atoms with Gasteiger partial charge in [0.05, 0.1) is 21.4 Å². The molecule has 6 nitrogen and oxygen atoms in total. The van der Waals surface area contributed by atoms with Crippen molar-refractivity contribution in [3.8, 4) is 0 Å². The molecule has 1 aromatic carbocycles. The fraction of sp³-hybridized carbons (Fsp3) is 0.450. The number of halogens is 1. The van der Waals surface area contributed by atoms with Gasteiger partial charge in [0.25, 0.3) is 5.56 Å². The molecule has 0 radical (unpaired) electrons. The lowest BCUT2D eigenvalue weighted by molar-refractivity contribution is 0.284. The van der Waals surface area contributed by atoms with Gasteiger partial charge in [0.1, 0.15) is 5.82 Å². The van der Waals surface area contributed by atoms with Crippen LogP contribution in [0.4, 0.5) is 15.8 Å². The number of nitrogens with zero attached hydrogens (tertiary/aromatic N) is 1. The van der Waals surface area contributed by atoms with Crippen LogP contribution in [0.5, 0.6) is 0 Å². The van der Waals surface area contributed by atoms with Gasteiger partial charge in [0, 0.05) is 31.6 Å². The Morgan fingerprint density at radius 2 is 1.93 bits per heavy atom. The molecule has 1 unspecified atom stereocenters. The molecule has 1 heterocycles. The van der Waals surface area contributed by atoms with Crippen molar-refractivity contribution in [3.63, 3.8) is 0 Å². The minimum atomic E-state index is -1.22. The van der Waals surface area contributed by atoms with E-state index in [1.54, 1.807) is 25.4 Å². The highest BCUT2D eigenvalue weighted by atomic mass is 32.2. The summed E-state index contributed by atoms with van der Waals surface area (Å²) in [5.74, 6) is -0.328.